The molecule has 7 rings (SSSR count). The molecule has 314 valence electrons. The van der Waals surface area contributed by atoms with Gasteiger partial charge in [-0.2, -0.15) is 0 Å². The molecule has 0 amide bonds. The van der Waals surface area contributed by atoms with E-state index in [2.05, 4.69) is 54.5 Å². The van der Waals surface area contributed by atoms with Crippen molar-refractivity contribution < 1.29 is 64.6 Å². The summed E-state index contributed by atoms with van der Waals surface area (Å²) < 4.78 is 24.4. The quantitative estimate of drug-likeness (QED) is 0.138. The lowest BCUT2D eigenvalue weighted by atomic mass is 9.33. The Kier molecular flexibility index (Phi) is 10.8. The monoisotopic (exact) mass is 780 g/mol. The molecule has 0 bridgehead atoms. The smallest absolute Gasteiger partial charge is 0.310 e. The van der Waals surface area contributed by atoms with E-state index in [-0.39, 0.29) is 39.6 Å². The molecular weight excluding hydrogens is 712 g/mol. The number of carboxylic acids is 1. The zero-order valence-corrected chi connectivity index (χ0v) is 33.8. The molecule has 2 unspecified atom stereocenters. The fraction of sp³-hybridized carbons (Fsp3) is 0.929. The van der Waals surface area contributed by atoms with E-state index in [4.69, 9.17) is 18.9 Å². The van der Waals surface area contributed by atoms with E-state index in [1.54, 1.807) is 0 Å². The fourth-order valence-electron chi connectivity index (χ4n) is 13.7. The van der Waals surface area contributed by atoms with Crippen LogP contribution < -0.4 is 0 Å². The van der Waals surface area contributed by atoms with Gasteiger partial charge in [-0.3, -0.25) is 4.79 Å². The average Bonchev–Trinajstić information content (AvgIpc) is 3.12. The summed E-state index contributed by atoms with van der Waals surface area (Å²) in [5.74, 6) is 0.0181. The Labute approximate surface area is 325 Å². The molecule has 18 atom stereocenters. The van der Waals surface area contributed by atoms with Crippen molar-refractivity contribution in [2.45, 2.75) is 180 Å². The molecule has 8 N–H and O–H groups in total. The second kappa shape index (κ2) is 14.2. The van der Waals surface area contributed by atoms with Crippen LogP contribution in [0.25, 0.3) is 0 Å². The van der Waals surface area contributed by atoms with Crippen molar-refractivity contribution in [3.8, 4) is 0 Å². The fourth-order valence-corrected chi connectivity index (χ4v) is 13.7. The number of aliphatic hydroxyl groups is 7. The maximum atomic E-state index is 13.1. The predicted molar refractivity (Wildman–Crippen MR) is 198 cm³/mol. The minimum Gasteiger partial charge on any atom is -0.481 e. The lowest BCUT2D eigenvalue weighted by Gasteiger charge is -2.71. The van der Waals surface area contributed by atoms with E-state index in [1.807, 2.05) is 0 Å². The van der Waals surface area contributed by atoms with E-state index in [9.17, 15) is 45.6 Å². The number of hydrogen-bond donors (Lipinski definition) is 8. The molecule has 5 aliphatic carbocycles. The number of carboxylic acid groups (broad SMARTS) is 1. The van der Waals surface area contributed by atoms with Gasteiger partial charge in [0.15, 0.2) is 12.6 Å². The minimum absolute atomic E-state index is 0.0240. The first-order valence-electron chi connectivity index (χ1n) is 20.8. The molecule has 55 heavy (non-hydrogen) atoms. The number of carbonyl (C=O) groups is 1. The Morgan fingerprint density at radius 3 is 1.98 bits per heavy atom. The third-order valence-electron chi connectivity index (χ3n) is 17.3. The number of aliphatic hydroxyl groups excluding tert-OH is 7. The van der Waals surface area contributed by atoms with Gasteiger partial charge in [-0.05, 0) is 109 Å². The summed E-state index contributed by atoms with van der Waals surface area (Å²) in [6.45, 7) is 15.1. The molecule has 13 heteroatoms. The number of rotatable bonds is 7. The van der Waals surface area contributed by atoms with E-state index < -0.39 is 91.4 Å². The number of fused-ring (bicyclic) bond motifs is 7. The van der Waals surface area contributed by atoms with Gasteiger partial charge in [0.25, 0.3) is 0 Å². The maximum absolute atomic E-state index is 13.1. The lowest BCUT2D eigenvalue weighted by Crippen LogP contribution is -2.67. The molecule has 0 aromatic heterocycles. The molecule has 2 aliphatic heterocycles. The highest BCUT2D eigenvalue weighted by Crippen LogP contribution is 2.76. The van der Waals surface area contributed by atoms with E-state index >= 15 is 0 Å². The van der Waals surface area contributed by atoms with Gasteiger partial charge >= 0.3 is 5.97 Å². The van der Waals surface area contributed by atoms with E-state index in [1.165, 1.54) is 5.57 Å². The van der Waals surface area contributed by atoms with Crippen molar-refractivity contribution in [1.82, 2.24) is 0 Å². The van der Waals surface area contributed by atoms with Gasteiger partial charge in [-0.1, -0.05) is 60.1 Å². The number of ether oxygens (including phenoxy) is 4. The first kappa shape index (κ1) is 41.9. The Morgan fingerprint density at radius 2 is 1.35 bits per heavy atom. The standard InChI is InChI=1S/C42H68O13/c1-37(2)14-16-42(36(50)51)17-15-40(6)21(22(42)18-37)8-9-26-39(5)12-11-27(38(3,4)25(39)10-13-41(26,40)7)54-35-33(31(48)29(46)24(20-44)53-35)55-34-32(49)30(47)28(45)23(19-43)52-34/h8,22-35,43-49H,9-20H2,1-7H3,(H,50,51)/t22-,23+,24+,25?,26?,27-,28+,29+,30-,31-,32+,33+,34-,35-,39-,40+,41+,42-/m0/s1. The second-order valence-electron chi connectivity index (χ2n) is 20.7. The normalized spacial score (nSPS) is 53.2. The van der Waals surface area contributed by atoms with Gasteiger partial charge in [0.05, 0.1) is 24.7 Å². The van der Waals surface area contributed by atoms with Crippen molar-refractivity contribution in [1.29, 1.82) is 0 Å². The van der Waals surface area contributed by atoms with Gasteiger partial charge in [0.2, 0.25) is 0 Å². The van der Waals surface area contributed by atoms with Gasteiger partial charge < -0.3 is 59.8 Å². The van der Waals surface area contributed by atoms with E-state index in [0.29, 0.717) is 18.8 Å². The molecule has 0 radical (unpaired) electrons. The Bertz CT molecular complexity index is 1480. The summed E-state index contributed by atoms with van der Waals surface area (Å²) in [6.07, 6.45) is -4.41. The third kappa shape index (κ3) is 6.23. The molecule has 0 aromatic carbocycles. The topological polar surface area (TPSA) is 216 Å². The van der Waals surface area contributed by atoms with Crippen LogP contribution in [0.4, 0.5) is 0 Å². The molecular formula is C42H68O13. The summed E-state index contributed by atoms with van der Waals surface area (Å²) in [6, 6.07) is 0. The van der Waals surface area contributed by atoms with Crippen LogP contribution in [0, 0.1) is 50.2 Å². The molecule has 4 saturated carbocycles. The van der Waals surface area contributed by atoms with Gasteiger partial charge in [0.1, 0.15) is 48.8 Å². The first-order chi connectivity index (χ1) is 25.6. The number of aliphatic carboxylic acids is 1. The molecule has 6 fully saturated rings. The summed E-state index contributed by atoms with van der Waals surface area (Å²) in [7, 11) is 0. The average molecular weight is 781 g/mol. The zero-order valence-electron chi connectivity index (χ0n) is 33.8. The predicted octanol–water partition coefficient (Wildman–Crippen LogP) is 2.88. The first-order valence-corrected chi connectivity index (χ1v) is 20.8. The highest BCUT2D eigenvalue weighted by Gasteiger charge is 2.69. The van der Waals surface area contributed by atoms with Crippen LogP contribution in [0.2, 0.25) is 0 Å². The summed E-state index contributed by atoms with van der Waals surface area (Å²) in [4.78, 5) is 13.1. The second-order valence-corrected chi connectivity index (χ2v) is 20.7. The van der Waals surface area contributed by atoms with Gasteiger partial charge in [-0.15, -0.1) is 0 Å². The van der Waals surface area contributed by atoms with Crippen LogP contribution in [-0.4, -0.2) is 128 Å². The summed E-state index contributed by atoms with van der Waals surface area (Å²) in [5.41, 5.74) is 0.210. The highest BCUT2D eigenvalue weighted by molar-refractivity contribution is 5.76. The van der Waals surface area contributed by atoms with Crippen molar-refractivity contribution in [3.05, 3.63) is 11.6 Å². The van der Waals surface area contributed by atoms with Crippen LogP contribution in [0.5, 0.6) is 0 Å². The lowest BCUT2D eigenvalue weighted by molar-refractivity contribution is -0.378. The largest absolute Gasteiger partial charge is 0.481 e. The highest BCUT2D eigenvalue weighted by atomic mass is 16.8. The minimum atomic E-state index is -1.75. The Balaban J connectivity index is 1.15. The van der Waals surface area contributed by atoms with Crippen LogP contribution in [0.3, 0.4) is 0 Å². The van der Waals surface area contributed by atoms with Crippen LogP contribution in [0.1, 0.15) is 113 Å². The van der Waals surface area contributed by atoms with E-state index in [0.717, 1.165) is 51.4 Å². The molecule has 7 aliphatic rings. The Morgan fingerprint density at radius 1 is 0.727 bits per heavy atom. The van der Waals surface area contributed by atoms with Crippen molar-refractivity contribution in [3.63, 3.8) is 0 Å². The molecule has 13 nitrogen and oxygen atoms in total. The van der Waals surface area contributed by atoms with Gasteiger partial charge in [-0.25, -0.2) is 0 Å². The summed E-state index contributed by atoms with van der Waals surface area (Å²) >= 11 is 0. The number of hydrogen-bond acceptors (Lipinski definition) is 12. The Hall–Kier alpha value is -1.23. The SMILES string of the molecule is CC1(C)CC[C@]2(C(=O)O)CC[C@]3(C)C(=CCC4[C@@]5(C)CC[C@H](O[C@@H]6O[C@H](CO)[C@@H](O)[C@H](O)[C@H]6O[C@@H]6O[C@H](CO)[C@@H](O)[C@H](O)[C@H]6O)C(C)(C)C5CC[C@]43C)[C@@H]2C1. The third-order valence-corrected chi connectivity index (χ3v) is 17.3. The van der Waals surface area contributed by atoms with Crippen molar-refractivity contribution in [2.24, 2.45) is 50.2 Å². The van der Waals surface area contributed by atoms with Crippen LogP contribution in [0.15, 0.2) is 11.6 Å². The maximum Gasteiger partial charge on any atom is 0.310 e. The summed E-state index contributed by atoms with van der Waals surface area (Å²) in [5, 5.41) is 84.1. The van der Waals surface area contributed by atoms with Crippen LogP contribution in [-0.2, 0) is 23.7 Å². The molecule has 2 heterocycles. The van der Waals surface area contributed by atoms with Crippen LogP contribution >= 0.6 is 0 Å². The molecule has 0 spiro atoms. The van der Waals surface area contributed by atoms with Crippen molar-refractivity contribution >= 4 is 5.97 Å². The molecule has 0 aromatic rings. The number of allylic oxidation sites excluding steroid dienone is 2. The molecule has 2 saturated heterocycles. The zero-order chi connectivity index (χ0) is 40.3. The van der Waals surface area contributed by atoms with Gasteiger partial charge in [0, 0.05) is 0 Å². The van der Waals surface area contributed by atoms with Crippen molar-refractivity contribution in [2.75, 3.05) is 13.2 Å².